The number of carbonyl (C=O) groups excluding carboxylic acids is 1. The molecule has 2 fully saturated rings. The van der Waals surface area contributed by atoms with Crippen molar-refractivity contribution in [2.45, 2.75) is 49.8 Å². The molecule has 1 aliphatic carbocycles. The predicted molar refractivity (Wildman–Crippen MR) is 122 cm³/mol. The van der Waals surface area contributed by atoms with Gasteiger partial charge in [-0.3, -0.25) is 13.9 Å². The molecule has 7 nitrogen and oxygen atoms in total. The van der Waals surface area contributed by atoms with Gasteiger partial charge < -0.3 is 15.0 Å². The summed E-state index contributed by atoms with van der Waals surface area (Å²) in [5.74, 6) is 0.0192. The summed E-state index contributed by atoms with van der Waals surface area (Å²) in [6.07, 6.45) is 2.05. The maximum Gasteiger partial charge on any atom is 0.231 e. The first-order valence-corrected chi connectivity index (χ1v) is 12.2. The Labute approximate surface area is 191 Å². The first-order chi connectivity index (χ1) is 15.4. The Kier molecular flexibility index (Phi) is 7.07. The van der Waals surface area contributed by atoms with Crippen molar-refractivity contribution in [1.82, 2.24) is 14.9 Å². The van der Waals surface area contributed by atoms with Crippen molar-refractivity contribution in [1.29, 1.82) is 0 Å². The lowest BCUT2D eigenvalue weighted by Crippen LogP contribution is -2.42. The number of hydrogen-bond acceptors (Lipinski definition) is 5. The molecule has 0 spiro atoms. The highest BCUT2D eigenvalue weighted by molar-refractivity contribution is 7.77. The summed E-state index contributed by atoms with van der Waals surface area (Å²) in [6.45, 7) is 3.90. The van der Waals surface area contributed by atoms with Crippen LogP contribution < -0.4 is 10.0 Å². The van der Waals surface area contributed by atoms with E-state index in [1.54, 1.807) is 6.92 Å². The molecule has 0 radical (unpaired) electrons. The molecule has 1 aliphatic heterocycles. The van der Waals surface area contributed by atoms with Crippen molar-refractivity contribution in [2.75, 3.05) is 19.6 Å². The number of β-amino-alcohol motifs (C(OH)–C–C–N with tert-alkyl or cyclic N) is 1. The van der Waals surface area contributed by atoms with E-state index in [1.165, 1.54) is 0 Å². The maximum atomic E-state index is 13.4. The van der Waals surface area contributed by atoms with E-state index < -0.39 is 16.7 Å². The lowest BCUT2D eigenvalue weighted by molar-refractivity contribution is -0.124. The Morgan fingerprint density at radius 3 is 2.44 bits per heavy atom. The normalized spacial score (nSPS) is 22.8. The van der Waals surface area contributed by atoms with Gasteiger partial charge in [0.1, 0.15) is 0 Å². The van der Waals surface area contributed by atoms with Crippen molar-refractivity contribution in [3.8, 4) is 0 Å². The number of carbonyl (C=O) groups is 1. The van der Waals surface area contributed by atoms with Crippen LogP contribution in [0.4, 0.5) is 0 Å². The summed E-state index contributed by atoms with van der Waals surface area (Å²) in [6, 6.07) is 17.1. The molecule has 8 heteroatoms. The van der Waals surface area contributed by atoms with E-state index in [0.29, 0.717) is 13.1 Å². The highest BCUT2D eigenvalue weighted by Gasteiger charge is 2.51. The van der Waals surface area contributed by atoms with Gasteiger partial charge in [0.25, 0.3) is 0 Å². The third-order valence-electron chi connectivity index (χ3n) is 6.62. The number of aliphatic hydroxyl groups is 1. The average molecular weight is 457 g/mol. The zero-order valence-electron chi connectivity index (χ0n) is 18.2. The zero-order valence-corrected chi connectivity index (χ0v) is 19.0. The smallest absolute Gasteiger partial charge is 0.231 e. The SMILES string of the molecule is CC(NS(=O)[O-])c1ccc(C2(C(=O)NC(CN3CCC(O)C3)c3ccccc3)CC2)cc1. The predicted octanol–water partition coefficient (Wildman–Crippen LogP) is 2.09. The van der Waals surface area contributed by atoms with Gasteiger partial charge in [-0.1, -0.05) is 54.6 Å². The maximum absolute atomic E-state index is 13.4. The molecule has 4 rings (SSSR count). The first kappa shape index (κ1) is 23.1. The van der Waals surface area contributed by atoms with Gasteiger partial charge in [-0.2, -0.15) is 0 Å². The van der Waals surface area contributed by atoms with Crippen molar-refractivity contribution in [3.05, 3.63) is 71.3 Å². The second kappa shape index (κ2) is 9.80. The van der Waals surface area contributed by atoms with E-state index in [2.05, 4.69) is 14.9 Å². The van der Waals surface area contributed by atoms with Crippen LogP contribution in [0.1, 0.15) is 55.0 Å². The van der Waals surface area contributed by atoms with E-state index in [0.717, 1.165) is 42.5 Å². The molecule has 0 bridgehead atoms. The molecule has 3 N–H and O–H groups in total. The summed E-state index contributed by atoms with van der Waals surface area (Å²) in [7, 11) is 0. The fourth-order valence-corrected chi connectivity index (χ4v) is 4.95. The second-order valence-corrected chi connectivity index (χ2v) is 9.62. The molecule has 172 valence electrons. The Hall–Kier alpha value is -2.10. The minimum Gasteiger partial charge on any atom is -0.760 e. The van der Waals surface area contributed by atoms with Crippen LogP contribution in [0.5, 0.6) is 0 Å². The Morgan fingerprint density at radius 2 is 1.88 bits per heavy atom. The molecule has 1 saturated carbocycles. The number of benzene rings is 2. The average Bonchev–Trinajstić information content (AvgIpc) is 3.50. The highest BCUT2D eigenvalue weighted by atomic mass is 32.2. The summed E-state index contributed by atoms with van der Waals surface area (Å²) >= 11 is -2.33. The Balaban J connectivity index is 1.48. The van der Waals surface area contributed by atoms with Gasteiger partial charge >= 0.3 is 0 Å². The van der Waals surface area contributed by atoms with Gasteiger partial charge in [0.2, 0.25) is 5.91 Å². The monoisotopic (exact) mass is 456 g/mol. The molecular weight excluding hydrogens is 426 g/mol. The molecule has 0 aromatic heterocycles. The molecule has 2 aromatic rings. The van der Waals surface area contributed by atoms with Crippen LogP contribution in [-0.2, 0) is 21.5 Å². The molecule has 4 unspecified atom stereocenters. The summed E-state index contributed by atoms with van der Waals surface area (Å²) < 4.78 is 24.2. The quantitative estimate of drug-likeness (QED) is 0.501. The lowest BCUT2D eigenvalue weighted by atomic mass is 9.92. The number of nitrogens with zero attached hydrogens (tertiary/aromatic N) is 1. The van der Waals surface area contributed by atoms with Gasteiger partial charge in [-0.15, -0.1) is 0 Å². The van der Waals surface area contributed by atoms with Crippen LogP contribution in [-0.4, -0.2) is 50.4 Å². The third-order valence-corrected chi connectivity index (χ3v) is 7.16. The van der Waals surface area contributed by atoms with E-state index >= 15 is 0 Å². The molecule has 1 saturated heterocycles. The molecule has 1 amide bonds. The van der Waals surface area contributed by atoms with Crippen LogP contribution >= 0.6 is 0 Å². The van der Waals surface area contributed by atoms with E-state index in [4.69, 9.17) is 0 Å². The van der Waals surface area contributed by atoms with Crippen LogP contribution in [0.15, 0.2) is 54.6 Å². The van der Waals surface area contributed by atoms with Crippen molar-refractivity contribution >= 4 is 17.2 Å². The number of hydrogen-bond donors (Lipinski definition) is 3. The van der Waals surface area contributed by atoms with Gasteiger partial charge in [0, 0.05) is 36.9 Å². The summed E-state index contributed by atoms with van der Waals surface area (Å²) in [5.41, 5.74) is 2.33. The van der Waals surface area contributed by atoms with E-state index in [9.17, 15) is 18.7 Å². The molecule has 1 heterocycles. The minimum atomic E-state index is -2.33. The summed E-state index contributed by atoms with van der Waals surface area (Å²) in [4.78, 5) is 15.6. The topological polar surface area (TPSA) is 105 Å². The lowest BCUT2D eigenvalue weighted by Gasteiger charge is -2.27. The largest absolute Gasteiger partial charge is 0.760 e. The number of likely N-dealkylation sites (tertiary alicyclic amines) is 1. The molecule has 4 atom stereocenters. The van der Waals surface area contributed by atoms with Crippen LogP contribution in [0.3, 0.4) is 0 Å². The third kappa shape index (κ3) is 5.27. The number of amides is 1. The van der Waals surface area contributed by atoms with Crippen molar-refractivity contribution < 1.29 is 18.7 Å². The van der Waals surface area contributed by atoms with Crippen molar-refractivity contribution in [2.24, 2.45) is 0 Å². The van der Waals surface area contributed by atoms with Gasteiger partial charge in [-0.05, 0) is 42.9 Å². The minimum absolute atomic E-state index is 0.0192. The van der Waals surface area contributed by atoms with Gasteiger partial charge in [0.05, 0.1) is 17.6 Å². The fourth-order valence-electron chi connectivity index (χ4n) is 4.53. The standard InChI is InChI=1S/C24H31N3O4S/c1-17(26-32(30)31)18-7-9-20(10-8-18)24(12-13-24)23(29)25-22(19-5-3-2-4-6-19)16-27-14-11-21(28)15-27/h2-10,17,21-22,26,28H,11-16H2,1H3,(H,25,29)(H,30,31)/p-1. The number of nitrogens with one attached hydrogen (secondary N) is 2. The Morgan fingerprint density at radius 1 is 1.19 bits per heavy atom. The second-order valence-electron chi connectivity index (χ2n) is 8.92. The number of aliphatic hydroxyl groups excluding tert-OH is 1. The van der Waals surface area contributed by atoms with Crippen molar-refractivity contribution in [3.63, 3.8) is 0 Å². The van der Waals surface area contributed by atoms with Crippen LogP contribution in [0.25, 0.3) is 0 Å². The number of rotatable bonds is 9. The van der Waals surface area contributed by atoms with Crippen LogP contribution in [0.2, 0.25) is 0 Å². The van der Waals surface area contributed by atoms with E-state index in [1.807, 2.05) is 54.6 Å². The summed E-state index contributed by atoms with van der Waals surface area (Å²) in [5, 5.41) is 13.2. The molecular formula is C24H30N3O4S-. The first-order valence-electron chi connectivity index (χ1n) is 11.1. The molecule has 2 aliphatic rings. The highest BCUT2D eigenvalue weighted by Crippen LogP contribution is 2.49. The van der Waals surface area contributed by atoms with Gasteiger partial charge in [-0.25, -0.2) is 4.72 Å². The Bertz CT molecular complexity index is 949. The van der Waals surface area contributed by atoms with E-state index in [-0.39, 0.29) is 24.1 Å². The van der Waals surface area contributed by atoms with Gasteiger partial charge in [0.15, 0.2) is 0 Å². The van der Waals surface area contributed by atoms with Crippen LogP contribution in [0, 0.1) is 0 Å². The molecule has 2 aromatic carbocycles. The zero-order chi connectivity index (χ0) is 22.7. The molecule has 32 heavy (non-hydrogen) atoms. The fraction of sp³-hybridized carbons (Fsp3) is 0.458.